The lowest BCUT2D eigenvalue weighted by Crippen LogP contribution is -2.52. The molecule has 0 aromatic heterocycles. The zero-order chi connectivity index (χ0) is 27.8. The number of aromatic hydroxyl groups is 3. The summed E-state index contributed by atoms with van der Waals surface area (Å²) in [5, 5.41) is 64.3. The van der Waals surface area contributed by atoms with Crippen LogP contribution in [0.15, 0.2) is 18.2 Å². The monoisotopic (exact) mass is 529 g/mol. The lowest BCUT2D eigenvalue weighted by atomic mass is 9.68. The number of carbonyl (C=O) groups excluding carboxylic acids is 2. The molecular formula is C26H27NO11. The van der Waals surface area contributed by atoms with Gasteiger partial charge in [-0.3, -0.25) is 14.4 Å². The number of ketones is 2. The summed E-state index contributed by atoms with van der Waals surface area (Å²) in [5.41, 5.74) is 1.28. The Morgan fingerprint density at radius 2 is 1.71 bits per heavy atom. The number of phenolic OH excluding ortho intramolecular Hbond substituents is 3. The van der Waals surface area contributed by atoms with Gasteiger partial charge in [-0.2, -0.15) is 0 Å². The number of aliphatic carboxylic acids is 1. The van der Waals surface area contributed by atoms with E-state index in [0.29, 0.717) is 0 Å². The molecule has 38 heavy (non-hydrogen) atoms. The second-order valence-corrected chi connectivity index (χ2v) is 10.3. The quantitative estimate of drug-likeness (QED) is 0.234. The van der Waals surface area contributed by atoms with E-state index >= 15 is 0 Å². The minimum absolute atomic E-state index is 0.0121. The summed E-state index contributed by atoms with van der Waals surface area (Å²) in [6.45, 7) is 2.78. The fourth-order valence-corrected chi connectivity index (χ4v) is 5.82. The van der Waals surface area contributed by atoms with Crippen molar-refractivity contribution >= 4 is 17.5 Å². The lowest BCUT2D eigenvalue weighted by Gasteiger charge is -2.44. The van der Waals surface area contributed by atoms with Crippen LogP contribution in [-0.2, 0) is 14.3 Å². The van der Waals surface area contributed by atoms with Crippen molar-refractivity contribution < 1.29 is 54.5 Å². The molecule has 5 rings (SSSR count). The van der Waals surface area contributed by atoms with Crippen LogP contribution in [0.25, 0.3) is 0 Å². The van der Waals surface area contributed by atoms with Crippen LogP contribution in [-0.4, -0.2) is 78.3 Å². The van der Waals surface area contributed by atoms with Crippen molar-refractivity contribution in [2.75, 3.05) is 0 Å². The Morgan fingerprint density at radius 3 is 2.34 bits per heavy atom. The molecule has 0 bridgehead atoms. The Balaban J connectivity index is 1.73. The van der Waals surface area contributed by atoms with E-state index in [9.17, 15) is 45.0 Å². The van der Waals surface area contributed by atoms with E-state index in [0.717, 1.165) is 0 Å². The van der Waals surface area contributed by atoms with Gasteiger partial charge in [-0.05, 0) is 19.9 Å². The molecule has 2 aliphatic carbocycles. The van der Waals surface area contributed by atoms with Crippen LogP contribution in [0.1, 0.15) is 81.7 Å². The maximum absolute atomic E-state index is 13.4. The molecule has 2 aromatic carbocycles. The number of aliphatic hydroxyl groups excluding tert-OH is 1. The van der Waals surface area contributed by atoms with Gasteiger partial charge in [0.1, 0.15) is 23.2 Å². The highest BCUT2D eigenvalue weighted by Gasteiger charge is 2.53. The Hall–Kier alpha value is -3.55. The van der Waals surface area contributed by atoms with Crippen LogP contribution in [0.5, 0.6) is 17.2 Å². The molecule has 0 amide bonds. The summed E-state index contributed by atoms with van der Waals surface area (Å²) in [6.07, 6.45) is -4.48. The number of hydrogen-bond acceptors (Lipinski definition) is 11. The SMILES string of the molecule is CC1OC(OC2CC(C)(O)C(C(=O)O)c3c(O)c4c(c(O)c32)C(=O)c2c(O)cccc2C4=O)CC(N)C1O. The molecule has 0 radical (unpaired) electrons. The van der Waals surface area contributed by atoms with Crippen molar-refractivity contribution in [2.45, 2.75) is 68.9 Å². The number of ether oxygens (including phenoxy) is 2. The normalized spacial score (nSPS) is 32.3. The second-order valence-electron chi connectivity index (χ2n) is 10.3. The summed E-state index contributed by atoms with van der Waals surface area (Å²) >= 11 is 0. The molecule has 12 heteroatoms. The largest absolute Gasteiger partial charge is 0.507 e. The van der Waals surface area contributed by atoms with Crippen molar-refractivity contribution in [3.05, 3.63) is 51.6 Å². The minimum atomic E-state index is -2.04. The first-order valence-electron chi connectivity index (χ1n) is 12.0. The predicted molar refractivity (Wildman–Crippen MR) is 127 cm³/mol. The predicted octanol–water partition coefficient (Wildman–Crippen LogP) is 0.782. The number of hydrogen-bond donors (Lipinski definition) is 7. The summed E-state index contributed by atoms with van der Waals surface area (Å²) in [4.78, 5) is 39.1. The first-order valence-corrected chi connectivity index (χ1v) is 12.0. The molecule has 8 N–H and O–H groups in total. The molecule has 7 atom stereocenters. The molecule has 3 aliphatic rings. The fourth-order valence-electron chi connectivity index (χ4n) is 5.82. The van der Waals surface area contributed by atoms with Crippen LogP contribution >= 0.6 is 0 Å². The average molecular weight is 529 g/mol. The average Bonchev–Trinajstić information content (AvgIpc) is 2.81. The van der Waals surface area contributed by atoms with Gasteiger partial charge in [0, 0.05) is 35.6 Å². The van der Waals surface area contributed by atoms with E-state index in [1.165, 1.54) is 25.1 Å². The van der Waals surface area contributed by atoms with Crippen LogP contribution < -0.4 is 5.73 Å². The zero-order valence-corrected chi connectivity index (χ0v) is 20.4. The molecule has 202 valence electrons. The van der Waals surface area contributed by atoms with Gasteiger partial charge in [-0.15, -0.1) is 0 Å². The van der Waals surface area contributed by atoms with Gasteiger partial charge < -0.3 is 45.8 Å². The molecule has 0 spiro atoms. The Morgan fingerprint density at radius 1 is 1.08 bits per heavy atom. The number of benzene rings is 2. The van der Waals surface area contributed by atoms with Gasteiger partial charge in [0.25, 0.3) is 0 Å². The van der Waals surface area contributed by atoms with Crippen LogP contribution in [0.4, 0.5) is 0 Å². The number of phenols is 3. The molecule has 2 aromatic rings. The highest BCUT2D eigenvalue weighted by molar-refractivity contribution is 6.31. The van der Waals surface area contributed by atoms with Crippen molar-refractivity contribution in [2.24, 2.45) is 5.73 Å². The number of fused-ring (bicyclic) bond motifs is 3. The smallest absolute Gasteiger partial charge is 0.314 e. The first kappa shape index (κ1) is 26.1. The topological polar surface area (TPSA) is 217 Å². The number of aliphatic hydroxyl groups is 2. The second kappa shape index (κ2) is 8.75. The molecule has 0 saturated carbocycles. The third kappa shape index (κ3) is 3.68. The number of carboxylic acid groups (broad SMARTS) is 1. The van der Waals surface area contributed by atoms with Crippen LogP contribution in [0.3, 0.4) is 0 Å². The fraction of sp³-hybridized carbons (Fsp3) is 0.423. The molecule has 1 saturated heterocycles. The van der Waals surface area contributed by atoms with Crippen molar-refractivity contribution in [1.29, 1.82) is 0 Å². The molecular weight excluding hydrogens is 502 g/mol. The zero-order valence-electron chi connectivity index (χ0n) is 20.4. The number of nitrogens with two attached hydrogens (primary N) is 1. The summed E-state index contributed by atoms with van der Waals surface area (Å²) in [6, 6.07) is 3.03. The standard InChI is InChI=1S/C26H27NO11/c1-8-20(29)10(27)6-13(37-8)38-12-7-26(2,36)19(25(34)35)16-15(12)23(32)18-17(24(16)33)21(30)9-4-3-5-11(28)14(9)22(18)31/h3-5,8,10,12-13,19-20,28-29,32-33,36H,6-7,27H2,1-2H3,(H,34,35). The molecule has 7 unspecified atom stereocenters. The highest BCUT2D eigenvalue weighted by Crippen LogP contribution is 2.56. The number of carbonyl (C=O) groups is 3. The van der Waals surface area contributed by atoms with E-state index < -0.39 is 100 Å². The van der Waals surface area contributed by atoms with Crippen LogP contribution in [0.2, 0.25) is 0 Å². The van der Waals surface area contributed by atoms with Crippen molar-refractivity contribution in [3.8, 4) is 17.2 Å². The minimum Gasteiger partial charge on any atom is -0.507 e. The van der Waals surface area contributed by atoms with Gasteiger partial charge in [0.15, 0.2) is 12.1 Å². The lowest BCUT2D eigenvalue weighted by molar-refractivity contribution is -0.248. The van der Waals surface area contributed by atoms with Crippen molar-refractivity contribution in [1.82, 2.24) is 0 Å². The Bertz CT molecular complexity index is 1370. The number of rotatable bonds is 3. The third-order valence-corrected chi connectivity index (χ3v) is 7.64. The van der Waals surface area contributed by atoms with Gasteiger partial charge >= 0.3 is 5.97 Å². The first-order chi connectivity index (χ1) is 17.8. The molecule has 1 heterocycles. The van der Waals surface area contributed by atoms with E-state index in [-0.39, 0.29) is 23.1 Å². The maximum atomic E-state index is 13.4. The van der Waals surface area contributed by atoms with E-state index in [1.54, 1.807) is 6.92 Å². The molecule has 1 aliphatic heterocycles. The summed E-state index contributed by atoms with van der Waals surface area (Å²) in [7, 11) is 0. The van der Waals surface area contributed by atoms with Gasteiger partial charge in [-0.1, -0.05) is 12.1 Å². The van der Waals surface area contributed by atoms with E-state index in [2.05, 4.69) is 0 Å². The maximum Gasteiger partial charge on any atom is 0.314 e. The summed E-state index contributed by atoms with van der Waals surface area (Å²) in [5.74, 6) is -7.47. The van der Waals surface area contributed by atoms with E-state index in [1.807, 2.05) is 0 Å². The highest BCUT2D eigenvalue weighted by atomic mass is 16.7. The number of carboxylic acids is 1. The van der Waals surface area contributed by atoms with Crippen molar-refractivity contribution in [3.63, 3.8) is 0 Å². The summed E-state index contributed by atoms with van der Waals surface area (Å²) < 4.78 is 11.7. The Labute approximate surface area is 215 Å². The van der Waals surface area contributed by atoms with Gasteiger partial charge in [0.05, 0.1) is 40.6 Å². The van der Waals surface area contributed by atoms with Crippen LogP contribution in [0, 0.1) is 0 Å². The Kier molecular flexibility index (Phi) is 6.00. The third-order valence-electron chi connectivity index (χ3n) is 7.64. The van der Waals surface area contributed by atoms with Gasteiger partial charge in [-0.25, -0.2) is 0 Å². The molecule has 12 nitrogen and oxygen atoms in total. The van der Waals surface area contributed by atoms with Gasteiger partial charge in [0.2, 0.25) is 5.78 Å². The molecule has 1 fully saturated rings. The van der Waals surface area contributed by atoms with E-state index in [4.69, 9.17) is 15.2 Å².